The van der Waals surface area contributed by atoms with Gasteiger partial charge in [0.2, 0.25) is 0 Å². The van der Waals surface area contributed by atoms with Gasteiger partial charge in [0, 0.05) is 24.2 Å². The maximum atomic E-state index is 12.3. The molecular weight excluding hydrogens is 382 g/mol. The summed E-state index contributed by atoms with van der Waals surface area (Å²) < 4.78 is 0. The molecule has 9 nitrogen and oxygen atoms in total. The number of carbonyl (C=O) groups is 2. The van der Waals surface area contributed by atoms with Gasteiger partial charge in [-0.25, -0.2) is 0 Å². The van der Waals surface area contributed by atoms with E-state index in [1.54, 1.807) is 19.2 Å². The molecule has 0 spiro atoms. The molecule has 1 aliphatic rings. The minimum absolute atomic E-state index is 0.0836. The number of H-pyrrole nitrogens is 1. The van der Waals surface area contributed by atoms with E-state index in [0.717, 1.165) is 22.3 Å². The van der Waals surface area contributed by atoms with Crippen molar-refractivity contribution in [3.8, 4) is 11.1 Å². The molecule has 1 amide bonds. The molecule has 1 aliphatic carbocycles. The fourth-order valence-corrected chi connectivity index (χ4v) is 4.38. The van der Waals surface area contributed by atoms with Gasteiger partial charge >= 0.3 is 0 Å². The Balaban J connectivity index is 2.05. The predicted molar refractivity (Wildman–Crippen MR) is 111 cm³/mol. The number of fused-ring (bicyclic) bond motifs is 3. The number of nitrogens with two attached hydrogens (primary N) is 2. The van der Waals surface area contributed by atoms with E-state index in [0.29, 0.717) is 23.4 Å². The van der Waals surface area contributed by atoms with E-state index in [4.69, 9.17) is 11.5 Å². The van der Waals surface area contributed by atoms with E-state index in [9.17, 15) is 9.59 Å². The van der Waals surface area contributed by atoms with Crippen molar-refractivity contribution in [1.29, 1.82) is 0 Å². The highest BCUT2D eigenvalue weighted by Crippen LogP contribution is 2.54. The molecule has 1 aromatic heterocycles. The van der Waals surface area contributed by atoms with Crippen molar-refractivity contribution in [1.82, 2.24) is 25.9 Å². The third-order valence-corrected chi connectivity index (χ3v) is 5.60. The number of tetrazole rings is 1. The topological polar surface area (TPSA) is 153 Å². The van der Waals surface area contributed by atoms with Gasteiger partial charge in [0.1, 0.15) is 0 Å². The second-order valence-electron chi connectivity index (χ2n) is 7.55. The van der Waals surface area contributed by atoms with E-state index in [1.165, 1.54) is 0 Å². The molecule has 30 heavy (non-hydrogen) atoms. The number of rotatable bonds is 6. The molecular formula is C21H23N7O2. The van der Waals surface area contributed by atoms with Crippen LogP contribution >= 0.6 is 0 Å². The van der Waals surface area contributed by atoms with Gasteiger partial charge in [-0.15, -0.1) is 10.2 Å². The molecule has 0 saturated heterocycles. The summed E-state index contributed by atoms with van der Waals surface area (Å²) in [6, 6.07) is 10.8. The lowest BCUT2D eigenvalue weighted by molar-refractivity contribution is 0.0961. The van der Waals surface area contributed by atoms with E-state index in [-0.39, 0.29) is 24.3 Å². The summed E-state index contributed by atoms with van der Waals surface area (Å²) in [4.78, 5) is 24.5. The second-order valence-corrected chi connectivity index (χ2v) is 7.55. The second kappa shape index (κ2) is 7.43. The molecule has 0 aliphatic heterocycles. The zero-order chi connectivity index (χ0) is 21.5. The van der Waals surface area contributed by atoms with Gasteiger partial charge in [-0.1, -0.05) is 23.4 Å². The van der Waals surface area contributed by atoms with Gasteiger partial charge in [-0.2, -0.15) is 5.21 Å². The highest BCUT2D eigenvalue weighted by atomic mass is 16.1. The van der Waals surface area contributed by atoms with Crippen molar-refractivity contribution in [3.05, 3.63) is 64.5 Å². The normalized spacial score (nSPS) is 17.9. The lowest BCUT2D eigenvalue weighted by atomic mass is 9.72. The van der Waals surface area contributed by atoms with E-state index in [1.807, 2.05) is 31.2 Å². The highest BCUT2D eigenvalue weighted by Gasteiger charge is 2.48. The molecule has 9 heteroatoms. The number of ketones is 1. The standard InChI is InChI=1S/C21H23N7O2/c1-11(23)9-21(20-25-27-28-26-20)16-5-3-12(18(29)10-22)7-14(16)15-8-13(19(30)24-2)4-6-17(15)21/h3-8,11H,9-10,22-23H2,1-2H3,(H,24,30)(H,25,26,27,28)/t11-,21?/m1/s1. The van der Waals surface area contributed by atoms with Crippen LogP contribution in [0.15, 0.2) is 36.4 Å². The summed E-state index contributed by atoms with van der Waals surface area (Å²) in [5.41, 5.74) is 15.6. The minimum atomic E-state index is -0.753. The zero-order valence-electron chi connectivity index (χ0n) is 16.8. The first-order valence-electron chi connectivity index (χ1n) is 9.66. The first kappa shape index (κ1) is 19.9. The smallest absolute Gasteiger partial charge is 0.251 e. The van der Waals surface area contributed by atoms with Crippen LogP contribution in [0.5, 0.6) is 0 Å². The SMILES string of the molecule is CNC(=O)c1ccc2c(c1)-c1cc(C(=O)CN)ccc1C2(C[C@@H](C)N)c1nn[nH]n1. The first-order chi connectivity index (χ1) is 14.4. The van der Waals surface area contributed by atoms with Crippen LogP contribution < -0.4 is 16.8 Å². The Morgan fingerprint density at radius 1 is 1.13 bits per heavy atom. The van der Waals surface area contributed by atoms with E-state index < -0.39 is 5.41 Å². The Kier molecular flexibility index (Phi) is 4.92. The molecule has 154 valence electrons. The zero-order valence-corrected chi connectivity index (χ0v) is 16.8. The number of benzene rings is 2. The van der Waals surface area contributed by atoms with Gasteiger partial charge in [-0.3, -0.25) is 9.59 Å². The molecule has 1 unspecified atom stereocenters. The average Bonchev–Trinajstić information content (AvgIpc) is 3.38. The predicted octanol–water partition coefficient (Wildman–Crippen LogP) is 0.753. The van der Waals surface area contributed by atoms with Crippen molar-refractivity contribution in [2.75, 3.05) is 13.6 Å². The summed E-state index contributed by atoms with van der Waals surface area (Å²) in [6.07, 6.45) is 0.524. The molecule has 2 aromatic carbocycles. The van der Waals surface area contributed by atoms with Crippen molar-refractivity contribution in [2.24, 2.45) is 11.5 Å². The molecule has 0 bridgehead atoms. The van der Waals surface area contributed by atoms with Gasteiger partial charge in [0.15, 0.2) is 11.6 Å². The molecule has 0 radical (unpaired) electrons. The summed E-state index contributed by atoms with van der Waals surface area (Å²) in [5, 5.41) is 17.6. The van der Waals surface area contributed by atoms with Gasteiger partial charge < -0.3 is 16.8 Å². The quantitative estimate of drug-likeness (QED) is 0.441. The number of aromatic amines is 1. The number of aromatic nitrogens is 4. The van der Waals surface area contributed by atoms with Crippen LogP contribution in [0.25, 0.3) is 11.1 Å². The van der Waals surface area contributed by atoms with Crippen LogP contribution in [-0.2, 0) is 5.41 Å². The van der Waals surface area contributed by atoms with Gasteiger partial charge in [0.05, 0.1) is 12.0 Å². The summed E-state index contributed by atoms with van der Waals surface area (Å²) in [6.45, 7) is 1.84. The Morgan fingerprint density at radius 3 is 2.30 bits per heavy atom. The van der Waals surface area contributed by atoms with E-state index >= 15 is 0 Å². The Labute approximate surface area is 173 Å². The summed E-state index contributed by atoms with van der Waals surface area (Å²) in [5.74, 6) is 0.134. The lowest BCUT2D eigenvalue weighted by Crippen LogP contribution is -2.35. The first-order valence-corrected chi connectivity index (χ1v) is 9.66. The van der Waals surface area contributed by atoms with Crippen LogP contribution in [0, 0.1) is 0 Å². The average molecular weight is 405 g/mol. The molecule has 0 fully saturated rings. The lowest BCUT2D eigenvalue weighted by Gasteiger charge is -2.30. The van der Waals surface area contributed by atoms with Crippen LogP contribution in [-0.4, -0.2) is 51.9 Å². The maximum absolute atomic E-state index is 12.3. The summed E-state index contributed by atoms with van der Waals surface area (Å²) >= 11 is 0. The summed E-state index contributed by atoms with van der Waals surface area (Å²) in [7, 11) is 1.58. The molecule has 0 saturated carbocycles. The Hall–Kier alpha value is -3.43. The Morgan fingerprint density at radius 2 is 1.77 bits per heavy atom. The number of hydrogen-bond donors (Lipinski definition) is 4. The van der Waals surface area contributed by atoms with Gasteiger partial charge in [-0.05, 0) is 53.8 Å². The van der Waals surface area contributed by atoms with Crippen molar-refractivity contribution >= 4 is 11.7 Å². The number of carbonyl (C=O) groups excluding carboxylic acids is 2. The van der Waals surface area contributed by atoms with Crippen molar-refractivity contribution in [2.45, 2.75) is 24.8 Å². The fourth-order valence-electron chi connectivity index (χ4n) is 4.38. The number of hydrogen-bond acceptors (Lipinski definition) is 7. The third-order valence-electron chi connectivity index (χ3n) is 5.60. The number of Topliss-reactive ketones (excluding diaryl/α,β-unsaturated/α-hetero) is 1. The van der Waals surface area contributed by atoms with Crippen LogP contribution in [0.3, 0.4) is 0 Å². The number of amides is 1. The third kappa shape index (κ3) is 2.90. The fraction of sp³-hybridized carbons (Fsp3) is 0.286. The largest absolute Gasteiger partial charge is 0.355 e. The Bertz CT molecular complexity index is 1060. The van der Waals surface area contributed by atoms with Crippen molar-refractivity contribution in [3.63, 3.8) is 0 Å². The highest BCUT2D eigenvalue weighted by molar-refractivity contribution is 6.01. The number of nitrogens with zero attached hydrogens (tertiary/aromatic N) is 3. The van der Waals surface area contributed by atoms with E-state index in [2.05, 4.69) is 25.9 Å². The monoisotopic (exact) mass is 405 g/mol. The molecule has 3 aromatic rings. The van der Waals surface area contributed by atoms with Crippen LogP contribution in [0.4, 0.5) is 0 Å². The van der Waals surface area contributed by atoms with Gasteiger partial charge in [0.25, 0.3) is 5.91 Å². The molecule has 6 N–H and O–H groups in total. The molecule has 2 atom stereocenters. The van der Waals surface area contributed by atoms with Crippen LogP contribution in [0.1, 0.15) is 51.0 Å². The number of nitrogens with one attached hydrogen (secondary N) is 2. The van der Waals surface area contributed by atoms with Crippen molar-refractivity contribution < 1.29 is 9.59 Å². The molecule has 1 heterocycles. The minimum Gasteiger partial charge on any atom is -0.355 e. The maximum Gasteiger partial charge on any atom is 0.251 e. The van der Waals surface area contributed by atoms with Crippen LogP contribution in [0.2, 0.25) is 0 Å². The molecule has 4 rings (SSSR count).